The summed E-state index contributed by atoms with van der Waals surface area (Å²) in [6, 6.07) is 0. The van der Waals surface area contributed by atoms with Gasteiger partial charge in [-0.15, -0.1) is 0 Å². The van der Waals surface area contributed by atoms with E-state index < -0.39 is 17.7 Å². The third-order valence-corrected chi connectivity index (χ3v) is 2.40. The van der Waals surface area contributed by atoms with Crippen LogP contribution in [0.5, 0.6) is 0 Å². The van der Waals surface area contributed by atoms with Crippen molar-refractivity contribution in [3.8, 4) is 0 Å². The molecule has 0 aromatic heterocycles. The molecule has 1 atom stereocenters. The van der Waals surface area contributed by atoms with E-state index in [1.807, 2.05) is 6.92 Å². The molecule has 0 fully saturated rings. The molecule has 0 aliphatic heterocycles. The van der Waals surface area contributed by atoms with Crippen molar-refractivity contribution >= 4 is 17.7 Å². The third kappa shape index (κ3) is 8.08. The molecule has 0 aromatic rings. The summed E-state index contributed by atoms with van der Waals surface area (Å²) in [6.45, 7) is 4.24. The van der Waals surface area contributed by atoms with E-state index in [0.29, 0.717) is 0 Å². The molecule has 1 radical (unpaired) electrons. The van der Waals surface area contributed by atoms with Crippen LogP contribution in [0.2, 0.25) is 0 Å². The minimum atomic E-state index is -1.91. The second kappa shape index (κ2) is 11.0. The average Bonchev–Trinajstić information content (AvgIpc) is 2.27. The first-order valence-corrected chi connectivity index (χ1v) is 5.65. The first-order chi connectivity index (χ1) is 8.02. The number of carbonyl (C=O) groups is 2. The zero-order valence-electron chi connectivity index (χ0n) is 10.4. The predicted molar refractivity (Wildman–Crippen MR) is 56.7 cm³/mol. The number of carboxylic acid groups (broad SMARTS) is 2. The summed E-state index contributed by atoms with van der Waals surface area (Å²) in [5.41, 5.74) is -1.21. The quantitative estimate of drug-likeness (QED) is 0.237. The van der Waals surface area contributed by atoms with E-state index in [1.165, 1.54) is 0 Å². The van der Waals surface area contributed by atoms with Gasteiger partial charge in [0.15, 0.2) is 0 Å². The maximum atomic E-state index is 10.3. The van der Waals surface area contributed by atoms with E-state index in [0.717, 1.165) is 25.7 Å². The first-order valence-electron chi connectivity index (χ1n) is 5.65. The fraction of sp³-hybridized carbons (Fsp3) is 0.727. The molecule has 7 heteroatoms. The Bertz CT molecular complexity index is 277. The van der Waals surface area contributed by atoms with Crippen LogP contribution < -0.4 is 10.2 Å². The molecule has 107 valence electrons. The van der Waals surface area contributed by atoms with Gasteiger partial charge in [-0.2, -0.15) is 0 Å². The summed E-state index contributed by atoms with van der Waals surface area (Å²) < 4.78 is 0. The van der Waals surface area contributed by atoms with Crippen molar-refractivity contribution in [2.45, 2.75) is 39.5 Å². The molecule has 0 spiro atoms. The summed E-state index contributed by atoms with van der Waals surface area (Å²) in [6.07, 6.45) is 3.90. The fourth-order valence-corrected chi connectivity index (χ4v) is 1.26. The molecule has 0 rings (SSSR count). The minimum Gasteiger partial charge on any atom is -0.543 e. The van der Waals surface area contributed by atoms with Crippen molar-refractivity contribution < 1.29 is 41.7 Å². The molecule has 0 heterocycles. The number of oxime groups is 1. The van der Waals surface area contributed by atoms with Crippen LogP contribution in [-0.2, 0) is 31.5 Å². The van der Waals surface area contributed by atoms with E-state index in [4.69, 9.17) is 4.84 Å². The van der Waals surface area contributed by atoms with Crippen LogP contribution in [0.25, 0.3) is 0 Å². The number of hydrogen-bond acceptors (Lipinski definition) is 6. The molecule has 0 bridgehead atoms. The molecule has 0 aliphatic carbocycles. The molecular formula is C11H17CuNO5. The van der Waals surface area contributed by atoms with E-state index in [9.17, 15) is 19.8 Å². The third-order valence-electron chi connectivity index (χ3n) is 2.40. The Morgan fingerprint density at radius 3 is 2.17 bits per heavy atom. The maximum absolute atomic E-state index is 10.3. The number of carbonyl (C=O) groups excluding carboxylic acids is 2. The summed E-state index contributed by atoms with van der Waals surface area (Å²) in [7, 11) is 0. The van der Waals surface area contributed by atoms with Gasteiger partial charge in [0.05, 0.1) is 11.9 Å². The van der Waals surface area contributed by atoms with Crippen molar-refractivity contribution in [3.63, 3.8) is 0 Å². The number of rotatable bonds is 9. The van der Waals surface area contributed by atoms with Crippen LogP contribution in [0.1, 0.15) is 39.5 Å². The molecular weight excluding hydrogens is 290 g/mol. The second-order valence-electron chi connectivity index (χ2n) is 3.73. The van der Waals surface area contributed by atoms with Crippen molar-refractivity contribution in [1.82, 2.24) is 0 Å². The van der Waals surface area contributed by atoms with Crippen LogP contribution in [0.15, 0.2) is 5.16 Å². The number of carboxylic acids is 2. The zero-order valence-corrected chi connectivity index (χ0v) is 11.3. The van der Waals surface area contributed by atoms with Gasteiger partial charge in [-0.3, -0.25) is 0 Å². The fourth-order valence-electron chi connectivity index (χ4n) is 1.26. The summed E-state index contributed by atoms with van der Waals surface area (Å²) >= 11 is 0. The second-order valence-corrected chi connectivity index (χ2v) is 3.73. The van der Waals surface area contributed by atoms with Crippen LogP contribution in [0.4, 0.5) is 0 Å². The van der Waals surface area contributed by atoms with Crippen molar-refractivity contribution in [3.05, 3.63) is 0 Å². The molecule has 0 N–H and O–H groups in total. The Labute approximate surface area is 117 Å². The molecule has 18 heavy (non-hydrogen) atoms. The van der Waals surface area contributed by atoms with Crippen LogP contribution in [0, 0.1) is 5.92 Å². The monoisotopic (exact) mass is 306 g/mol. The van der Waals surface area contributed by atoms with Crippen molar-refractivity contribution in [2.24, 2.45) is 11.1 Å². The van der Waals surface area contributed by atoms with Gasteiger partial charge in [0.25, 0.3) is 0 Å². The Hall–Kier alpha value is -1.07. The molecule has 0 aromatic carbocycles. The van der Waals surface area contributed by atoms with Gasteiger partial charge in [0.2, 0.25) is 0 Å². The molecule has 6 nitrogen and oxygen atoms in total. The first kappa shape index (κ1) is 19.3. The maximum Gasteiger partial charge on any atom is 2.00 e. The van der Waals surface area contributed by atoms with Gasteiger partial charge in [0, 0.05) is 0 Å². The van der Waals surface area contributed by atoms with Gasteiger partial charge in [-0.1, -0.05) is 31.8 Å². The Morgan fingerprint density at radius 1 is 1.22 bits per heavy atom. The smallest absolute Gasteiger partial charge is 0.543 e. The van der Waals surface area contributed by atoms with Gasteiger partial charge < -0.3 is 24.6 Å². The Morgan fingerprint density at radius 2 is 1.78 bits per heavy atom. The van der Waals surface area contributed by atoms with E-state index in [1.54, 1.807) is 0 Å². The molecule has 1 unspecified atom stereocenters. The number of aliphatic carboxylic acids is 2. The molecule has 0 saturated carbocycles. The van der Waals surface area contributed by atoms with Crippen LogP contribution >= 0.6 is 0 Å². The number of nitrogens with zero attached hydrogens (tertiary/aromatic N) is 1. The van der Waals surface area contributed by atoms with Gasteiger partial charge >= 0.3 is 17.1 Å². The summed E-state index contributed by atoms with van der Waals surface area (Å²) in [4.78, 5) is 25.3. The van der Waals surface area contributed by atoms with Gasteiger partial charge in [-0.25, -0.2) is 0 Å². The summed E-state index contributed by atoms with van der Waals surface area (Å²) in [5, 5.41) is 23.6. The van der Waals surface area contributed by atoms with E-state index in [-0.39, 0.29) is 29.6 Å². The molecule has 0 aliphatic rings. The topological polar surface area (TPSA) is 102 Å². The molecule has 0 saturated heterocycles. The van der Waals surface area contributed by atoms with Gasteiger partial charge in [0.1, 0.15) is 12.3 Å². The molecule has 0 amide bonds. The van der Waals surface area contributed by atoms with E-state index >= 15 is 0 Å². The van der Waals surface area contributed by atoms with Gasteiger partial charge in [-0.05, 0) is 18.8 Å². The normalized spacial score (nSPS) is 11.0. The number of unbranched alkanes of at least 4 members (excludes halogenated alkanes) is 1. The average molecular weight is 307 g/mol. The van der Waals surface area contributed by atoms with Crippen molar-refractivity contribution in [2.75, 3.05) is 6.61 Å². The Kier molecular flexibility index (Phi) is 11.8. The van der Waals surface area contributed by atoms with E-state index in [2.05, 4.69) is 12.1 Å². The predicted octanol–water partition coefficient (Wildman–Crippen LogP) is -0.927. The standard InChI is InChI=1S/C11H19NO5.Cu/c1-3-5-6-8(4-2)7-17-12-9(10(13)14)11(15)16;/h8H,3-7H2,1-2H3,(H,13,14)(H,15,16);/q;+2/p-2. The van der Waals surface area contributed by atoms with Crippen LogP contribution in [-0.4, -0.2) is 24.3 Å². The van der Waals surface area contributed by atoms with Crippen LogP contribution in [0.3, 0.4) is 0 Å². The summed E-state index contributed by atoms with van der Waals surface area (Å²) in [5.74, 6) is -3.58. The Balaban J connectivity index is 0. The minimum absolute atomic E-state index is 0. The SMILES string of the molecule is CCCCC(CC)CON=C(C(=O)[O-])C(=O)[O-].[Cu+2]. The zero-order chi connectivity index (χ0) is 13.3. The number of hydrogen-bond donors (Lipinski definition) is 0. The largest absolute Gasteiger partial charge is 2.00 e. The van der Waals surface area contributed by atoms with Crippen molar-refractivity contribution in [1.29, 1.82) is 0 Å².